The van der Waals surface area contributed by atoms with Crippen molar-refractivity contribution in [1.82, 2.24) is 9.88 Å². The Hall–Kier alpha value is -4.43. The van der Waals surface area contributed by atoms with Gasteiger partial charge >= 0.3 is 0 Å². The number of amides is 2. The van der Waals surface area contributed by atoms with Gasteiger partial charge in [0.1, 0.15) is 11.5 Å². The van der Waals surface area contributed by atoms with Crippen molar-refractivity contribution < 1.29 is 19.4 Å². The van der Waals surface area contributed by atoms with Gasteiger partial charge in [-0.05, 0) is 47.9 Å². The Bertz CT molecular complexity index is 1400. The summed E-state index contributed by atoms with van der Waals surface area (Å²) >= 11 is 5.50. The predicted molar refractivity (Wildman–Crippen MR) is 145 cm³/mol. The number of hydrogen-bond acceptors (Lipinski definition) is 6. The molecule has 190 valence electrons. The number of fused-ring (bicyclic) bond motifs is 1. The summed E-state index contributed by atoms with van der Waals surface area (Å²) in [5.74, 6) is -0.0533. The van der Waals surface area contributed by atoms with Crippen LogP contribution in [-0.2, 0) is 11.2 Å². The molecular formula is C28H27ClN4O4. The van der Waals surface area contributed by atoms with E-state index in [-0.39, 0.29) is 28.8 Å². The van der Waals surface area contributed by atoms with E-state index in [1.807, 2.05) is 54.6 Å². The summed E-state index contributed by atoms with van der Waals surface area (Å²) in [6, 6.07) is 21.2. The number of rotatable bonds is 8. The molecule has 0 aliphatic carbocycles. The molecule has 4 rings (SSSR count). The van der Waals surface area contributed by atoms with E-state index in [9.17, 15) is 9.59 Å². The van der Waals surface area contributed by atoms with Crippen LogP contribution in [-0.4, -0.2) is 53.2 Å². The number of nitrogens with one attached hydrogen (secondary N) is 1. The van der Waals surface area contributed by atoms with Gasteiger partial charge in [-0.2, -0.15) is 0 Å². The average molecular weight is 519 g/mol. The second-order valence-electron chi connectivity index (χ2n) is 8.05. The molecule has 0 bridgehead atoms. The van der Waals surface area contributed by atoms with Crippen molar-refractivity contribution in [3.8, 4) is 11.5 Å². The molecule has 1 heterocycles. The molecule has 8 nitrogen and oxygen atoms in total. The summed E-state index contributed by atoms with van der Waals surface area (Å²) in [4.78, 5) is 28.8. The molecule has 3 aromatic carbocycles. The number of phenolic OH excluding ortho intramolecular Hbond substituents is 1. The Morgan fingerprint density at radius 2 is 1.81 bits per heavy atom. The van der Waals surface area contributed by atoms with Crippen LogP contribution in [0.3, 0.4) is 0 Å². The fraction of sp³-hybridized carbons (Fsp3) is 0.143. The van der Waals surface area contributed by atoms with Crippen LogP contribution in [0.4, 0.5) is 0 Å². The third kappa shape index (κ3) is 7.52. The van der Waals surface area contributed by atoms with Gasteiger partial charge in [0.15, 0.2) is 6.61 Å². The minimum absolute atomic E-state index is 0.0212. The lowest BCUT2D eigenvalue weighted by molar-refractivity contribution is -0.132. The van der Waals surface area contributed by atoms with Crippen molar-refractivity contribution in [1.29, 1.82) is 5.41 Å². The number of hydrogen-bond donors (Lipinski definition) is 3. The molecule has 4 N–H and O–H groups in total. The van der Waals surface area contributed by atoms with Crippen LogP contribution in [0.25, 0.3) is 10.8 Å². The van der Waals surface area contributed by atoms with Crippen molar-refractivity contribution in [2.24, 2.45) is 5.73 Å². The van der Waals surface area contributed by atoms with E-state index in [1.54, 1.807) is 18.1 Å². The number of carbonyl (C=O) groups is 2. The Balaban J connectivity index is 0.000000289. The number of aromatic nitrogens is 1. The lowest BCUT2D eigenvalue weighted by Gasteiger charge is -2.18. The highest BCUT2D eigenvalue weighted by atomic mass is 35.5. The van der Waals surface area contributed by atoms with Crippen LogP contribution >= 0.6 is 11.6 Å². The minimum Gasteiger partial charge on any atom is -0.506 e. The van der Waals surface area contributed by atoms with E-state index in [2.05, 4.69) is 4.98 Å². The molecule has 0 atom stereocenters. The van der Waals surface area contributed by atoms with E-state index < -0.39 is 5.91 Å². The van der Waals surface area contributed by atoms with Crippen molar-refractivity contribution >= 4 is 40.4 Å². The molecule has 0 saturated heterocycles. The van der Waals surface area contributed by atoms with Crippen molar-refractivity contribution in [3.63, 3.8) is 0 Å². The maximum Gasteiger partial charge on any atom is 0.260 e. The zero-order valence-electron chi connectivity index (χ0n) is 20.2. The number of phenols is 1. The number of pyridine rings is 1. The van der Waals surface area contributed by atoms with Gasteiger partial charge in [-0.3, -0.25) is 14.6 Å². The zero-order valence-corrected chi connectivity index (χ0v) is 21.0. The molecule has 0 saturated carbocycles. The predicted octanol–water partition coefficient (Wildman–Crippen LogP) is 4.46. The van der Waals surface area contributed by atoms with Crippen LogP contribution in [0.1, 0.15) is 21.6 Å². The topological polar surface area (TPSA) is 130 Å². The summed E-state index contributed by atoms with van der Waals surface area (Å²) < 4.78 is 5.77. The average Bonchev–Trinajstić information content (AvgIpc) is 2.92. The van der Waals surface area contributed by atoms with Gasteiger partial charge in [-0.1, -0.05) is 41.9 Å². The summed E-state index contributed by atoms with van der Waals surface area (Å²) in [7, 11) is 1.77. The Kier molecular flexibility index (Phi) is 9.57. The first kappa shape index (κ1) is 27.2. The number of nitrogens with zero attached hydrogens (tertiary/aromatic N) is 2. The molecule has 0 fully saturated rings. The van der Waals surface area contributed by atoms with E-state index in [0.29, 0.717) is 18.7 Å². The second kappa shape index (κ2) is 13.0. The van der Waals surface area contributed by atoms with Gasteiger partial charge in [0.05, 0.1) is 5.02 Å². The van der Waals surface area contributed by atoms with Gasteiger partial charge in [-0.15, -0.1) is 0 Å². The first-order valence-corrected chi connectivity index (χ1v) is 11.7. The number of aromatic hydroxyl groups is 1. The smallest absolute Gasteiger partial charge is 0.260 e. The first-order chi connectivity index (χ1) is 17.8. The highest BCUT2D eigenvalue weighted by molar-refractivity contribution is 6.32. The van der Waals surface area contributed by atoms with E-state index in [4.69, 9.17) is 32.6 Å². The number of primary amides is 1. The lowest BCUT2D eigenvalue weighted by atomic mass is 10.0. The summed E-state index contributed by atoms with van der Waals surface area (Å²) in [6.07, 6.45) is 3.78. The standard InChI is InChI=1S/C21H21N3O2.C7H6ClNO2/c1-24(13-11-17-6-4-5-12-23-17)21(25)15-26-20-10-9-16(14-22)18-7-2-3-8-19(18)20;8-5-3-4(7(9)11)1-2-6(5)10/h2-10,12,14,22H,11,13,15H2,1H3;1-3,10H,(H2,9,11). The first-order valence-electron chi connectivity index (χ1n) is 11.4. The van der Waals surface area contributed by atoms with Gasteiger partial charge in [0.25, 0.3) is 5.91 Å². The summed E-state index contributed by atoms with van der Waals surface area (Å²) in [6.45, 7) is 0.569. The second-order valence-corrected chi connectivity index (χ2v) is 8.46. The van der Waals surface area contributed by atoms with Gasteiger partial charge in [0, 0.05) is 54.6 Å². The van der Waals surface area contributed by atoms with Crippen LogP contribution in [0, 0.1) is 5.41 Å². The molecule has 4 aromatic rings. The van der Waals surface area contributed by atoms with Crippen molar-refractivity contribution in [3.05, 3.63) is 101 Å². The highest BCUT2D eigenvalue weighted by Crippen LogP contribution is 2.28. The number of likely N-dealkylation sites (N-methyl/N-ethyl adjacent to an activating group) is 1. The van der Waals surface area contributed by atoms with Gasteiger partial charge < -0.3 is 25.9 Å². The Morgan fingerprint density at radius 1 is 1.08 bits per heavy atom. The third-order valence-corrected chi connectivity index (χ3v) is 5.81. The number of carbonyl (C=O) groups excluding carboxylic acids is 2. The van der Waals surface area contributed by atoms with Gasteiger partial charge in [0.2, 0.25) is 5.91 Å². The normalized spacial score (nSPS) is 10.2. The molecule has 0 spiro atoms. The Labute approximate surface area is 219 Å². The van der Waals surface area contributed by atoms with E-state index in [0.717, 1.165) is 22.0 Å². The molecule has 0 unspecified atom stereocenters. The lowest BCUT2D eigenvalue weighted by Crippen LogP contribution is -2.33. The van der Waals surface area contributed by atoms with Gasteiger partial charge in [-0.25, -0.2) is 0 Å². The summed E-state index contributed by atoms with van der Waals surface area (Å²) in [5, 5.41) is 18.4. The van der Waals surface area contributed by atoms with E-state index >= 15 is 0 Å². The quantitative estimate of drug-likeness (QED) is 0.296. The number of nitrogens with two attached hydrogens (primary N) is 1. The molecule has 2 amide bonds. The van der Waals surface area contributed by atoms with E-state index in [1.165, 1.54) is 24.4 Å². The van der Waals surface area contributed by atoms with Crippen molar-refractivity contribution in [2.45, 2.75) is 6.42 Å². The largest absolute Gasteiger partial charge is 0.506 e. The maximum absolute atomic E-state index is 12.3. The van der Waals surface area contributed by atoms with Crippen LogP contribution in [0.2, 0.25) is 5.02 Å². The molecule has 0 aliphatic heterocycles. The zero-order chi connectivity index (χ0) is 26.8. The highest BCUT2D eigenvalue weighted by Gasteiger charge is 2.12. The molecule has 1 aromatic heterocycles. The fourth-order valence-corrected chi connectivity index (χ4v) is 3.59. The van der Waals surface area contributed by atoms with Crippen LogP contribution < -0.4 is 10.5 Å². The molecule has 37 heavy (non-hydrogen) atoms. The minimum atomic E-state index is -0.563. The molecule has 0 aliphatic rings. The summed E-state index contributed by atoms with van der Waals surface area (Å²) in [5.41, 5.74) is 7.02. The monoisotopic (exact) mass is 518 g/mol. The van der Waals surface area contributed by atoms with Crippen molar-refractivity contribution in [2.75, 3.05) is 20.2 Å². The van der Waals surface area contributed by atoms with Crippen LogP contribution in [0.5, 0.6) is 11.5 Å². The van der Waals surface area contributed by atoms with Crippen LogP contribution in [0.15, 0.2) is 79.0 Å². The number of ether oxygens (including phenoxy) is 1. The third-order valence-electron chi connectivity index (χ3n) is 5.51. The number of halogens is 1. The molecular weight excluding hydrogens is 492 g/mol. The molecule has 9 heteroatoms. The maximum atomic E-state index is 12.3. The number of benzene rings is 3. The Morgan fingerprint density at radius 3 is 2.46 bits per heavy atom. The SMILES string of the molecule is CN(CCc1ccccn1)C(=O)COc1ccc(C=N)c2ccccc12.NC(=O)c1ccc(O)c(Cl)c1. The fourth-order valence-electron chi connectivity index (χ4n) is 3.41. The molecule has 0 radical (unpaired) electrons.